The van der Waals surface area contributed by atoms with Crippen LogP contribution in [0, 0.1) is 29.6 Å². The van der Waals surface area contributed by atoms with E-state index in [0.717, 1.165) is 17.7 Å². The molecule has 5 rings (SSSR count). The fourth-order valence-electron chi connectivity index (χ4n) is 6.02. The van der Waals surface area contributed by atoms with Crippen LogP contribution in [0.1, 0.15) is 32.8 Å². The zero-order chi connectivity index (χ0) is 20.7. The normalized spacial score (nSPS) is 34.8. The average molecular weight is 398 g/mol. The summed E-state index contributed by atoms with van der Waals surface area (Å²) in [5.41, 5.74) is 1.16. The smallest absolute Gasteiger partial charge is 0.234 e. The lowest BCUT2D eigenvalue weighted by Crippen LogP contribution is -2.46. The SMILES string of the molecule is COc1ccc(C2=NOC3C4CC(C23)C2C(=O)N(C(C)(C)C)C(=O)C42)c(OC)c1. The molecule has 6 unspecified atom stereocenters. The van der Waals surface area contributed by atoms with Gasteiger partial charge < -0.3 is 14.3 Å². The molecule has 3 fully saturated rings. The summed E-state index contributed by atoms with van der Waals surface area (Å²) in [6.45, 7) is 5.74. The molecule has 1 aromatic carbocycles. The van der Waals surface area contributed by atoms with Crippen molar-refractivity contribution in [3.05, 3.63) is 23.8 Å². The van der Waals surface area contributed by atoms with Crippen LogP contribution in [0.15, 0.2) is 23.4 Å². The van der Waals surface area contributed by atoms with Gasteiger partial charge in [-0.25, -0.2) is 0 Å². The average Bonchev–Trinajstić information content (AvgIpc) is 3.40. The summed E-state index contributed by atoms with van der Waals surface area (Å²) >= 11 is 0. The summed E-state index contributed by atoms with van der Waals surface area (Å²) in [5, 5.41) is 4.40. The molecule has 0 spiro atoms. The number of fused-ring (bicyclic) bond motifs is 8. The number of carbonyl (C=O) groups is 2. The van der Waals surface area contributed by atoms with E-state index in [9.17, 15) is 9.59 Å². The molecular formula is C22H26N2O5. The van der Waals surface area contributed by atoms with Gasteiger partial charge in [0.15, 0.2) is 0 Å². The summed E-state index contributed by atoms with van der Waals surface area (Å²) in [4.78, 5) is 33.7. The number of benzene rings is 1. The monoisotopic (exact) mass is 398 g/mol. The van der Waals surface area contributed by atoms with Gasteiger partial charge >= 0.3 is 0 Å². The number of amides is 2. The lowest BCUT2D eigenvalue weighted by molar-refractivity contribution is -0.146. The Morgan fingerprint density at radius 2 is 1.72 bits per heavy atom. The van der Waals surface area contributed by atoms with Crippen molar-refractivity contribution in [1.29, 1.82) is 0 Å². The van der Waals surface area contributed by atoms with Crippen molar-refractivity contribution < 1.29 is 23.9 Å². The van der Waals surface area contributed by atoms with Crippen LogP contribution in [0.5, 0.6) is 11.5 Å². The van der Waals surface area contributed by atoms with Gasteiger partial charge in [0, 0.05) is 29.0 Å². The van der Waals surface area contributed by atoms with Crippen LogP contribution in [-0.4, -0.2) is 48.3 Å². The van der Waals surface area contributed by atoms with Crippen LogP contribution >= 0.6 is 0 Å². The molecule has 6 atom stereocenters. The predicted molar refractivity (Wildman–Crippen MR) is 105 cm³/mol. The Balaban J connectivity index is 1.51. The number of nitrogens with zero attached hydrogens (tertiary/aromatic N) is 2. The van der Waals surface area contributed by atoms with Crippen LogP contribution in [0.4, 0.5) is 0 Å². The first kappa shape index (κ1) is 18.5. The quantitative estimate of drug-likeness (QED) is 0.731. The third-order valence-electron chi connectivity index (χ3n) is 7.05. The molecule has 2 amide bonds. The third-order valence-corrected chi connectivity index (χ3v) is 7.05. The number of ether oxygens (including phenoxy) is 2. The standard InChI is InChI=1S/C22H26N2O5/c1-22(2,3)24-20(25)15-12-9-13(16(15)21(24)26)19-17(12)18(23-29-19)11-7-6-10(27-4)8-14(11)28-5/h6-8,12-13,15-17,19H,9H2,1-5H3. The fraction of sp³-hybridized carbons (Fsp3) is 0.591. The van der Waals surface area contributed by atoms with E-state index in [2.05, 4.69) is 5.16 Å². The second-order valence-electron chi connectivity index (χ2n) is 9.44. The topological polar surface area (TPSA) is 77.4 Å². The van der Waals surface area contributed by atoms with E-state index in [1.165, 1.54) is 4.90 Å². The molecule has 154 valence electrons. The van der Waals surface area contributed by atoms with E-state index < -0.39 is 5.54 Å². The molecule has 2 aliphatic carbocycles. The predicted octanol–water partition coefficient (Wildman–Crippen LogP) is 2.47. The Labute approximate surface area is 170 Å². The van der Waals surface area contributed by atoms with Crippen molar-refractivity contribution in [1.82, 2.24) is 4.90 Å². The molecule has 0 radical (unpaired) electrons. The van der Waals surface area contributed by atoms with Gasteiger partial charge in [-0.15, -0.1) is 0 Å². The number of carbonyl (C=O) groups excluding carboxylic acids is 2. The number of likely N-dealkylation sites (tertiary alicyclic amines) is 1. The van der Waals surface area contributed by atoms with E-state index >= 15 is 0 Å². The lowest BCUT2D eigenvalue weighted by atomic mass is 9.71. The maximum Gasteiger partial charge on any atom is 0.234 e. The largest absolute Gasteiger partial charge is 0.497 e. The lowest BCUT2D eigenvalue weighted by Gasteiger charge is -2.31. The van der Waals surface area contributed by atoms with Crippen molar-refractivity contribution in [2.24, 2.45) is 34.7 Å². The minimum absolute atomic E-state index is 0.000197. The van der Waals surface area contributed by atoms with E-state index in [1.54, 1.807) is 14.2 Å². The molecule has 2 bridgehead atoms. The zero-order valence-corrected chi connectivity index (χ0v) is 17.3. The first-order chi connectivity index (χ1) is 13.8. The van der Waals surface area contributed by atoms with Crippen molar-refractivity contribution in [3.63, 3.8) is 0 Å². The number of imide groups is 1. The van der Waals surface area contributed by atoms with Crippen LogP contribution < -0.4 is 9.47 Å². The van der Waals surface area contributed by atoms with Gasteiger partial charge in [-0.1, -0.05) is 5.16 Å². The first-order valence-electron chi connectivity index (χ1n) is 10.1. The number of hydrogen-bond acceptors (Lipinski definition) is 6. The molecule has 7 nitrogen and oxygen atoms in total. The molecule has 2 heterocycles. The van der Waals surface area contributed by atoms with Gasteiger partial charge in [0.2, 0.25) is 11.8 Å². The molecule has 1 saturated heterocycles. The van der Waals surface area contributed by atoms with E-state index in [4.69, 9.17) is 14.3 Å². The first-order valence-corrected chi connectivity index (χ1v) is 10.1. The molecule has 4 aliphatic rings. The second kappa shape index (κ2) is 5.97. The highest BCUT2D eigenvalue weighted by atomic mass is 16.6. The Bertz CT molecular complexity index is 934. The van der Waals surface area contributed by atoms with Gasteiger partial charge in [0.1, 0.15) is 17.6 Å². The molecule has 0 N–H and O–H groups in total. The third kappa shape index (κ3) is 2.33. The van der Waals surface area contributed by atoms with Gasteiger partial charge in [-0.05, 0) is 45.2 Å². The number of methoxy groups -OCH3 is 2. The molecule has 2 aliphatic heterocycles. The Hall–Kier alpha value is -2.57. The fourth-order valence-corrected chi connectivity index (χ4v) is 6.02. The van der Waals surface area contributed by atoms with Gasteiger partial charge in [-0.3, -0.25) is 14.5 Å². The zero-order valence-electron chi connectivity index (χ0n) is 17.3. The molecule has 1 aromatic rings. The van der Waals surface area contributed by atoms with Crippen molar-refractivity contribution in [3.8, 4) is 11.5 Å². The highest BCUT2D eigenvalue weighted by Crippen LogP contribution is 2.62. The molecule has 0 aromatic heterocycles. The van der Waals surface area contributed by atoms with Gasteiger partial charge in [-0.2, -0.15) is 0 Å². The summed E-state index contributed by atoms with van der Waals surface area (Å²) in [5.74, 6) is 0.827. The molecular weight excluding hydrogens is 372 g/mol. The highest BCUT2D eigenvalue weighted by Gasteiger charge is 2.71. The summed E-state index contributed by atoms with van der Waals surface area (Å²) in [6, 6.07) is 5.62. The summed E-state index contributed by atoms with van der Waals surface area (Å²) in [6.07, 6.45) is 0.678. The number of hydrogen-bond donors (Lipinski definition) is 0. The summed E-state index contributed by atoms with van der Waals surface area (Å²) in [7, 11) is 3.23. The number of rotatable bonds is 3. The maximum atomic E-state index is 13.3. The highest BCUT2D eigenvalue weighted by molar-refractivity contribution is 6.10. The molecule has 2 saturated carbocycles. The van der Waals surface area contributed by atoms with Gasteiger partial charge in [0.05, 0.1) is 31.8 Å². The molecule has 7 heteroatoms. The van der Waals surface area contributed by atoms with E-state index in [0.29, 0.717) is 11.5 Å². The van der Waals surface area contributed by atoms with Crippen molar-refractivity contribution >= 4 is 17.5 Å². The van der Waals surface area contributed by atoms with E-state index in [-0.39, 0.29) is 47.5 Å². The molecule has 29 heavy (non-hydrogen) atoms. The Morgan fingerprint density at radius 3 is 2.34 bits per heavy atom. The van der Waals surface area contributed by atoms with Crippen molar-refractivity contribution in [2.45, 2.75) is 38.8 Å². The minimum Gasteiger partial charge on any atom is -0.497 e. The van der Waals surface area contributed by atoms with Crippen LogP contribution in [0.25, 0.3) is 0 Å². The Kier molecular flexibility index (Phi) is 3.80. The van der Waals surface area contributed by atoms with Crippen LogP contribution in [0.3, 0.4) is 0 Å². The van der Waals surface area contributed by atoms with Crippen molar-refractivity contribution in [2.75, 3.05) is 14.2 Å². The summed E-state index contributed by atoms with van der Waals surface area (Å²) < 4.78 is 10.9. The maximum absolute atomic E-state index is 13.3. The van der Waals surface area contributed by atoms with Gasteiger partial charge in [0.25, 0.3) is 0 Å². The minimum atomic E-state index is -0.510. The Morgan fingerprint density at radius 1 is 1.03 bits per heavy atom. The number of oxime groups is 1. The van der Waals surface area contributed by atoms with Crippen LogP contribution in [-0.2, 0) is 14.4 Å². The van der Waals surface area contributed by atoms with Crippen LogP contribution in [0.2, 0.25) is 0 Å². The second-order valence-corrected chi connectivity index (χ2v) is 9.44. The van der Waals surface area contributed by atoms with E-state index in [1.807, 2.05) is 39.0 Å².